The van der Waals surface area contributed by atoms with E-state index in [4.69, 9.17) is 4.98 Å². The highest BCUT2D eigenvalue weighted by Crippen LogP contribution is 2.34. The minimum Gasteiger partial charge on any atom is -0.310 e. The van der Waals surface area contributed by atoms with E-state index in [1.54, 1.807) is 30.6 Å². The molecule has 1 saturated carbocycles. The van der Waals surface area contributed by atoms with Crippen molar-refractivity contribution in [3.8, 4) is 0 Å². The van der Waals surface area contributed by atoms with Gasteiger partial charge in [-0.25, -0.2) is 9.37 Å². The Morgan fingerprint density at radius 3 is 2.57 bits per heavy atom. The number of H-pyrrole nitrogens is 1. The van der Waals surface area contributed by atoms with E-state index < -0.39 is 0 Å². The number of aromatic amines is 1. The molecule has 2 N–H and O–H groups in total. The fourth-order valence-electron chi connectivity index (χ4n) is 3.46. The molecular weight excluding hydrogens is 355 g/mol. The summed E-state index contributed by atoms with van der Waals surface area (Å²) in [7, 11) is 0. The Kier molecular flexibility index (Phi) is 5.58. The Morgan fingerprint density at radius 2 is 1.89 bits per heavy atom. The maximum atomic E-state index is 13.4. The molecule has 0 radical (unpaired) electrons. The Labute approximate surface area is 163 Å². The van der Waals surface area contributed by atoms with Gasteiger partial charge >= 0.3 is 0 Å². The summed E-state index contributed by atoms with van der Waals surface area (Å²) in [6.45, 7) is 0.642. The van der Waals surface area contributed by atoms with Gasteiger partial charge in [0.1, 0.15) is 11.6 Å². The molecule has 2 aromatic heterocycles. The molecule has 4 rings (SSSR count). The first-order valence-corrected chi connectivity index (χ1v) is 9.65. The number of nitrogens with zero attached hydrogens (tertiary/aromatic N) is 2. The highest BCUT2D eigenvalue weighted by atomic mass is 19.1. The molecule has 1 aliphatic rings. The number of nitrogens with one attached hydrogen (secondary N) is 2. The summed E-state index contributed by atoms with van der Waals surface area (Å²) in [6, 6.07) is 11.9. The lowest BCUT2D eigenvalue weighted by Gasteiger charge is -2.25. The van der Waals surface area contributed by atoms with Gasteiger partial charge < -0.3 is 10.3 Å². The average molecular weight is 378 g/mol. The van der Waals surface area contributed by atoms with E-state index in [0.717, 1.165) is 35.5 Å². The van der Waals surface area contributed by atoms with Gasteiger partial charge in [-0.05, 0) is 48.2 Å². The molecule has 1 aromatic carbocycles. The quantitative estimate of drug-likeness (QED) is 0.658. The topological polar surface area (TPSA) is 70.7 Å². The van der Waals surface area contributed by atoms with Gasteiger partial charge in [0, 0.05) is 49.1 Å². The number of hydrogen-bond acceptors (Lipinski definition) is 4. The monoisotopic (exact) mass is 378 g/mol. The van der Waals surface area contributed by atoms with Crippen molar-refractivity contribution in [2.45, 2.75) is 44.2 Å². The highest BCUT2D eigenvalue weighted by molar-refractivity contribution is 5.23. The lowest BCUT2D eigenvalue weighted by molar-refractivity contribution is 0.398. The smallest absolute Gasteiger partial charge is 0.251 e. The molecule has 1 aliphatic carbocycles. The highest BCUT2D eigenvalue weighted by Gasteiger charge is 2.23. The molecular formula is C22H23FN4O. The number of hydrogen-bond donors (Lipinski definition) is 2. The first-order valence-electron chi connectivity index (χ1n) is 9.65. The van der Waals surface area contributed by atoms with E-state index in [-0.39, 0.29) is 17.4 Å². The third-order valence-corrected chi connectivity index (χ3v) is 5.29. The Balaban J connectivity index is 1.57. The van der Waals surface area contributed by atoms with Crippen LogP contribution in [0.5, 0.6) is 0 Å². The van der Waals surface area contributed by atoms with Crippen LogP contribution in [-0.4, -0.2) is 15.0 Å². The molecule has 144 valence electrons. The van der Waals surface area contributed by atoms with Crippen molar-refractivity contribution in [2.75, 3.05) is 0 Å². The van der Waals surface area contributed by atoms with Crippen molar-refractivity contribution >= 4 is 0 Å². The van der Waals surface area contributed by atoms with Gasteiger partial charge in [0.05, 0.1) is 0 Å². The summed E-state index contributed by atoms with van der Waals surface area (Å²) in [6.07, 6.45) is 7.41. The zero-order valence-corrected chi connectivity index (χ0v) is 15.6. The van der Waals surface area contributed by atoms with Gasteiger partial charge in [-0.2, -0.15) is 0 Å². The van der Waals surface area contributed by atoms with Gasteiger partial charge in [-0.15, -0.1) is 0 Å². The molecule has 0 unspecified atom stereocenters. The predicted molar refractivity (Wildman–Crippen MR) is 105 cm³/mol. The van der Waals surface area contributed by atoms with E-state index in [9.17, 15) is 9.18 Å². The molecule has 5 nitrogen and oxygen atoms in total. The standard InChI is InChI=1S/C22H23FN4O/c23-18-6-4-16(5-7-18)20(25-14-15-8-10-24-11-9-15)12-19-13-21(28)27-22(26-19)17-2-1-3-17/h4-11,13,17,20,25H,1-3,12,14H2,(H,26,27,28)/t20-/m0/s1. The summed E-state index contributed by atoms with van der Waals surface area (Å²) in [5.74, 6) is 0.889. The van der Waals surface area contributed by atoms with E-state index in [1.165, 1.54) is 18.6 Å². The average Bonchev–Trinajstić information content (AvgIpc) is 2.65. The number of halogens is 1. The lowest BCUT2D eigenvalue weighted by atomic mass is 9.85. The number of pyridine rings is 1. The summed E-state index contributed by atoms with van der Waals surface area (Å²) in [5, 5.41) is 3.51. The van der Waals surface area contributed by atoms with E-state index in [1.807, 2.05) is 12.1 Å². The summed E-state index contributed by atoms with van der Waals surface area (Å²) >= 11 is 0. The normalized spacial score (nSPS) is 15.2. The van der Waals surface area contributed by atoms with E-state index in [2.05, 4.69) is 15.3 Å². The Hall–Kier alpha value is -2.86. The summed E-state index contributed by atoms with van der Waals surface area (Å²) in [4.78, 5) is 23.8. The minimum atomic E-state index is -0.266. The molecule has 0 bridgehead atoms. The minimum absolute atomic E-state index is 0.0858. The van der Waals surface area contributed by atoms with Crippen LogP contribution in [0.4, 0.5) is 4.39 Å². The van der Waals surface area contributed by atoms with Crippen molar-refractivity contribution in [1.82, 2.24) is 20.3 Å². The maximum Gasteiger partial charge on any atom is 0.251 e. The molecule has 28 heavy (non-hydrogen) atoms. The number of aromatic nitrogens is 3. The molecule has 3 aromatic rings. The maximum absolute atomic E-state index is 13.4. The Bertz CT molecular complexity index is 968. The summed E-state index contributed by atoms with van der Waals surface area (Å²) in [5.41, 5.74) is 2.71. The summed E-state index contributed by atoms with van der Waals surface area (Å²) < 4.78 is 13.4. The molecule has 1 fully saturated rings. The van der Waals surface area contributed by atoms with Gasteiger partial charge in [0.15, 0.2) is 0 Å². The zero-order valence-electron chi connectivity index (χ0n) is 15.6. The van der Waals surface area contributed by atoms with Crippen molar-refractivity contribution < 1.29 is 4.39 Å². The molecule has 0 spiro atoms. The van der Waals surface area contributed by atoms with Gasteiger partial charge in [0.25, 0.3) is 5.56 Å². The molecule has 6 heteroatoms. The van der Waals surface area contributed by atoms with Crippen LogP contribution in [0.3, 0.4) is 0 Å². The van der Waals surface area contributed by atoms with Crippen LogP contribution in [0.15, 0.2) is 59.7 Å². The van der Waals surface area contributed by atoms with E-state index in [0.29, 0.717) is 18.9 Å². The fraction of sp³-hybridized carbons (Fsp3) is 0.318. The second kappa shape index (κ2) is 8.44. The van der Waals surface area contributed by atoms with Crippen LogP contribution in [0.1, 0.15) is 53.9 Å². The van der Waals surface area contributed by atoms with Crippen LogP contribution in [0.25, 0.3) is 0 Å². The van der Waals surface area contributed by atoms with E-state index >= 15 is 0 Å². The molecule has 2 heterocycles. The molecule has 0 aliphatic heterocycles. The third kappa shape index (κ3) is 4.51. The van der Waals surface area contributed by atoms with Gasteiger partial charge in [0.2, 0.25) is 0 Å². The number of benzene rings is 1. The van der Waals surface area contributed by atoms with Crippen LogP contribution in [0.2, 0.25) is 0 Å². The predicted octanol–water partition coefficient (Wildman–Crippen LogP) is 3.65. The zero-order chi connectivity index (χ0) is 19.3. The largest absolute Gasteiger partial charge is 0.310 e. The molecule has 0 amide bonds. The van der Waals surface area contributed by atoms with Gasteiger partial charge in [-0.3, -0.25) is 9.78 Å². The molecule has 1 atom stereocenters. The first kappa shape index (κ1) is 18.5. The van der Waals surface area contributed by atoms with Gasteiger partial charge in [-0.1, -0.05) is 18.6 Å². The van der Waals surface area contributed by atoms with Crippen LogP contribution < -0.4 is 10.9 Å². The Morgan fingerprint density at radius 1 is 1.14 bits per heavy atom. The fourth-order valence-corrected chi connectivity index (χ4v) is 3.46. The second-order valence-electron chi connectivity index (χ2n) is 7.29. The number of rotatable bonds is 7. The first-order chi connectivity index (χ1) is 13.7. The van der Waals surface area contributed by atoms with Crippen LogP contribution in [0, 0.1) is 5.82 Å². The van der Waals surface area contributed by atoms with Crippen molar-refractivity contribution in [1.29, 1.82) is 0 Å². The van der Waals surface area contributed by atoms with Crippen molar-refractivity contribution in [3.63, 3.8) is 0 Å². The van der Waals surface area contributed by atoms with Crippen molar-refractivity contribution in [2.24, 2.45) is 0 Å². The second-order valence-corrected chi connectivity index (χ2v) is 7.29. The van der Waals surface area contributed by atoms with Crippen LogP contribution in [-0.2, 0) is 13.0 Å². The van der Waals surface area contributed by atoms with Crippen LogP contribution >= 0.6 is 0 Å². The lowest BCUT2D eigenvalue weighted by Crippen LogP contribution is -2.25. The van der Waals surface area contributed by atoms with Crippen molar-refractivity contribution in [3.05, 3.63) is 93.7 Å². The third-order valence-electron chi connectivity index (χ3n) is 5.29. The SMILES string of the molecule is O=c1cc(C[C@H](NCc2ccncc2)c2ccc(F)cc2)nc(C2CCC2)[nH]1. The molecule has 0 saturated heterocycles.